The molecule has 2 heterocycles. The summed E-state index contributed by atoms with van der Waals surface area (Å²) in [6.07, 6.45) is -0.144. The second kappa shape index (κ2) is 6.83. The van der Waals surface area contributed by atoms with Crippen molar-refractivity contribution in [2.75, 3.05) is 25.6 Å². The molecule has 2 rings (SSSR count). The Hall–Kier alpha value is -0.0431. The third kappa shape index (κ3) is 4.28. The van der Waals surface area contributed by atoms with Crippen LogP contribution >= 0.6 is 0 Å². The van der Waals surface area contributed by atoms with Crippen molar-refractivity contribution in [3.63, 3.8) is 0 Å². The van der Waals surface area contributed by atoms with Crippen LogP contribution in [-0.2, 0) is 37.5 Å². The Bertz CT molecular complexity index is 583. The Morgan fingerprint density at radius 2 is 1.82 bits per heavy atom. The molecule has 0 N–H and O–H groups in total. The minimum atomic E-state index is -3.55. The molecule has 0 bridgehead atoms. The lowest BCUT2D eigenvalue weighted by Gasteiger charge is -2.31. The third-order valence-corrected chi connectivity index (χ3v) is 10.5. The third-order valence-electron chi connectivity index (χ3n) is 3.91. The summed E-state index contributed by atoms with van der Waals surface area (Å²) in [5.41, 5.74) is 0. The molecule has 0 aliphatic carbocycles. The summed E-state index contributed by atoms with van der Waals surface area (Å²) in [4.78, 5) is 0. The molecule has 0 saturated carbocycles. The monoisotopic (exact) mass is 374 g/mol. The van der Waals surface area contributed by atoms with Crippen LogP contribution in [0, 0.1) is 0 Å². The maximum atomic E-state index is 11.7. The first-order valence-electron chi connectivity index (χ1n) is 7.29. The average Bonchev–Trinajstić information content (AvgIpc) is 2.96. The molecule has 2 fully saturated rings. The molecule has 8 nitrogen and oxygen atoms in total. The van der Waals surface area contributed by atoms with Crippen molar-refractivity contribution < 1.29 is 34.1 Å². The first-order chi connectivity index (χ1) is 10.2. The van der Waals surface area contributed by atoms with Gasteiger partial charge in [0.05, 0.1) is 25.9 Å². The van der Waals surface area contributed by atoms with E-state index in [1.54, 1.807) is 0 Å². The van der Waals surface area contributed by atoms with Crippen LogP contribution in [0.3, 0.4) is 0 Å². The molecular weight excluding hydrogens is 352 g/mol. The Morgan fingerprint density at radius 3 is 2.27 bits per heavy atom. The summed E-state index contributed by atoms with van der Waals surface area (Å²) in [6, 6.07) is 1.21. The van der Waals surface area contributed by atoms with Crippen LogP contribution in [0.5, 0.6) is 0 Å². The van der Waals surface area contributed by atoms with E-state index < -0.39 is 40.2 Å². The lowest BCUT2D eigenvalue weighted by Crippen LogP contribution is -2.46. The van der Waals surface area contributed by atoms with E-state index in [0.29, 0.717) is 18.5 Å². The van der Waals surface area contributed by atoms with Gasteiger partial charge in [0, 0.05) is 0 Å². The maximum absolute atomic E-state index is 11.7. The highest BCUT2D eigenvalue weighted by Gasteiger charge is 2.43. The zero-order chi connectivity index (χ0) is 16.4. The van der Waals surface area contributed by atoms with E-state index in [-0.39, 0.29) is 25.6 Å². The Kier molecular flexibility index (Phi) is 5.68. The SMILES string of the molecule is CC[Si](CC)(OCC1CCOS1(=O)=O)OC1COS(=O)(=O)C1. The zero-order valence-electron chi connectivity index (χ0n) is 12.7. The molecule has 2 atom stereocenters. The van der Waals surface area contributed by atoms with Crippen molar-refractivity contribution in [1.82, 2.24) is 0 Å². The first kappa shape index (κ1) is 18.3. The standard InChI is InChI=1S/C11H22O8S2Si/c1-3-22(4-2,19-10-7-17-20(12,13)9-10)18-8-11-5-6-16-21(11,14)15/h10-11H,3-9H2,1-2H3. The van der Waals surface area contributed by atoms with E-state index in [4.69, 9.17) is 17.2 Å². The van der Waals surface area contributed by atoms with E-state index >= 15 is 0 Å². The molecule has 2 saturated heterocycles. The van der Waals surface area contributed by atoms with E-state index in [2.05, 4.69) is 0 Å². The molecule has 2 aliphatic rings. The van der Waals surface area contributed by atoms with Crippen LogP contribution in [0.2, 0.25) is 12.1 Å². The molecule has 11 heteroatoms. The van der Waals surface area contributed by atoms with Gasteiger partial charge in [0.25, 0.3) is 20.2 Å². The number of hydrogen-bond donors (Lipinski definition) is 0. The molecule has 0 spiro atoms. The van der Waals surface area contributed by atoms with Gasteiger partial charge in [-0.15, -0.1) is 0 Å². The molecule has 0 radical (unpaired) electrons. The van der Waals surface area contributed by atoms with Crippen molar-refractivity contribution in [3.8, 4) is 0 Å². The zero-order valence-corrected chi connectivity index (χ0v) is 15.3. The fraction of sp³-hybridized carbons (Fsp3) is 1.00. The van der Waals surface area contributed by atoms with E-state index in [9.17, 15) is 16.8 Å². The van der Waals surface area contributed by atoms with Gasteiger partial charge in [0.1, 0.15) is 11.0 Å². The van der Waals surface area contributed by atoms with Gasteiger partial charge in [-0.3, -0.25) is 8.37 Å². The number of rotatable bonds is 7. The quantitative estimate of drug-likeness (QED) is 0.464. The Labute approximate surface area is 132 Å². The summed E-state index contributed by atoms with van der Waals surface area (Å²) in [5.74, 6) is -0.185. The van der Waals surface area contributed by atoms with Gasteiger partial charge in [-0.2, -0.15) is 16.8 Å². The van der Waals surface area contributed by atoms with Crippen LogP contribution in [0.25, 0.3) is 0 Å². The van der Waals surface area contributed by atoms with Crippen molar-refractivity contribution in [2.45, 2.75) is 43.7 Å². The molecule has 0 aromatic heterocycles. The normalized spacial score (nSPS) is 30.6. The molecule has 0 aromatic carbocycles. The van der Waals surface area contributed by atoms with Crippen molar-refractivity contribution in [1.29, 1.82) is 0 Å². The van der Waals surface area contributed by atoms with Gasteiger partial charge < -0.3 is 8.85 Å². The Morgan fingerprint density at radius 1 is 1.14 bits per heavy atom. The minimum Gasteiger partial charge on any atom is -0.393 e. The highest BCUT2D eigenvalue weighted by atomic mass is 32.2. The molecule has 2 unspecified atom stereocenters. The smallest absolute Gasteiger partial charge is 0.337 e. The fourth-order valence-electron chi connectivity index (χ4n) is 2.48. The molecule has 0 amide bonds. The molecule has 2 aliphatic heterocycles. The van der Waals surface area contributed by atoms with Crippen LogP contribution in [0.4, 0.5) is 0 Å². The lowest BCUT2D eigenvalue weighted by molar-refractivity contribution is 0.106. The predicted molar refractivity (Wildman–Crippen MR) is 80.6 cm³/mol. The van der Waals surface area contributed by atoms with Gasteiger partial charge in [0.2, 0.25) is 0 Å². The molecule has 130 valence electrons. The van der Waals surface area contributed by atoms with E-state index in [1.165, 1.54) is 0 Å². The van der Waals surface area contributed by atoms with Crippen LogP contribution < -0.4 is 0 Å². The van der Waals surface area contributed by atoms with E-state index in [1.807, 2.05) is 13.8 Å². The highest BCUT2D eigenvalue weighted by Crippen LogP contribution is 2.26. The van der Waals surface area contributed by atoms with Gasteiger partial charge in [0.15, 0.2) is 0 Å². The first-order valence-corrected chi connectivity index (χ1v) is 12.6. The van der Waals surface area contributed by atoms with E-state index in [0.717, 1.165) is 0 Å². The Balaban J connectivity index is 1.99. The summed E-state index contributed by atoms with van der Waals surface area (Å²) in [5, 5.41) is -0.676. The lowest BCUT2D eigenvalue weighted by atomic mass is 10.3. The van der Waals surface area contributed by atoms with Crippen LogP contribution in [0.15, 0.2) is 0 Å². The van der Waals surface area contributed by atoms with Crippen molar-refractivity contribution >= 4 is 28.8 Å². The second-order valence-electron chi connectivity index (χ2n) is 5.40. The van der Waals surface area contributed by atoms with Crippen molar-refractivity contribution in [2.24, 2.45) is 0 Å². The molecule has 0 aromatic rings. The summed E-state index contributed by atoms with van der Waals surface area (Å²) < 4.78 is 67.2. The van der Waals surface area contributed by atoms with Crippen LogP contribution in [0.1, 0.15) is 20.3 Å². The molecular formula is C11H22O8S2Si. The number of hydrogen-bond acceptors (Lipinski definition) is 8. The van der Waals surface area contributed by atoms with Gasteiger partial charge in [-0.1, -0.05) is 13.8 Å². The topological polar surface area (TPSA) is 105 Å². The molecule has 22 heavy (non-hydrogen) atoms. The second-order valence-corrected chi connectivity index (χ2v) is 12.7. The summed E-state index contributed by atoms with van der Waals surface area (Å²) in [6.45, 7) is 4.00. The van der Waals surface area contributed by atoms with Gasteiger partial charge in [-0.25, -0.2) is 0 Å². The predicted octanol–water partition coefficient (Wildman–Crippen LogP) is 0.349. The highest BCUT2D eigenvalue weighted by molar-refractivity contribution is 7.87. The van der Waals surface area contributed by atoms with Gasteiger partial charge >= 0.3 is 8.56 Å². The largest absolute Gasteiger partial charge is 0.393 e. The average molecular weight is 375 g/mol. The van der Waals surface area contributed by atoms with Crippen molar-refractivity contribution in [3.05, 3.63) is 0 Å². The minimum absolute atomic E-state index is 0.00865. The fourth-order valence-corrected chi connectivity index (χ4v) is 7.51. The van der Waals surface area contributed by atoms with Crippen LogP contribution in [-0.4, -0.2) is 62.3 Å². The summed E-state index contributed by atoms with van der Waals surface area (Å²) in [7, 11) is -9.72. The maximum Gasteiger partial charge on any atom is 0.337 e. The van der Waals surface area contributed by atoms with Gasteiger partial charge in [-0.05, 0) is 18.5 Å². The summed E-state index contributed by atoms with van der Waals surface area (Å²) >= 11 is 0.